The van der Waals surface area contributed by atoms with Gasteiger partial charge < -0.3 is 4.90 Å². The summed E-state index contributed by atoms with van der Waals surface area (Å²) in [5, 5.41) is 3.81. The van der Waals surface area contributed by atoms with Gasteiger partial charge in [-0.2, -0.15) is 0 Å². The summed E-state index contributed by atoms with van der Waals surface area (Å²) in [6.07, 6.45) is 1.74. The SMILES string of the molecule is O=S(=O)(c1ccc(Br)cc1Cl)C1CCN(c2nc(Cc3ccc(Cl)c(Cl)c3)cs2)CC1. The van der Waals surface area contributed by atoms with E-state index < -0.39 is 15.1 Å². The van der Waals surface area contributed by atoms with Gasteiger partial charge in [-0.1, -0.05) is 56.8 Å². The Balaban J connectivity index is 1.41. The van der Waals surface area contributed by atoms with Crippen LogP contribution in [0.4, 0.5) is 5.13 Å². The van der Waals surface area contributed by atoms with Crippen molar-refractivity contribution in [2.45, 2.75) is 29.4 Å². The van der Waals surface area contributed by atoms with Crippen LogP contribution in [-0.4, -0.2) is 31.7 Å². The number of benzene rings is 2. The molecule has 1 saturated heterocycles. The number of halogens is 4. The van der Waals surface area contributed by atoms with Crippen LogP contribution in [0.3, 0.4) is 0 Å². The topological polar surface area (TPSA) is 50.3 Å². The summed E-state index contributed by atoms with van der Waals surface area (Å²) < 4.78 is 26.9. The Hall–Kier alpha value is -0.830. The van der Waals surface area contributed by atoms with Crippen molar-refractivity contribution in [1.82, 2.24) is 4.98 Å². The van der Waals surface area contributed by atoms with Crippen molar-refractivity contribution >= 4 is 77.0 Å². The number of nitrogens with zero attached hydrogens (tertiary/aromatic N) is 2. The monoisotopic (exact) mass is 578 g/mol. The maximum absolute atomic E-state index is 13.1. The molecule has 0 saturated carbocycles. The van der Waals surface area contributed by atoms with Crippen molar-refractivity contribution in [3.05, 3.63) is 72.6 Å². The Bertz CT molecular complexity index is 1210. The van der Waals surface area contributed by atoms with E-state index in [-0.39, 0.29) is 9.92 Å². The second-order valence-corrected chi connectivity index (χ2v) is 12.5. The van der Waals surface area contributed by atoms with Crippen molar-refractivity contribution in [2.24, 2.45) is 0 Å². The van der Waals surface area contributed by atoms with Crippen LogP contribution < -0.4 is 4.90 Å². The minimum Gasteiger partial charge on any atom is -0.348 e. The lowest BCUT2D eigenvalue weighted by Gasteiger charge is -2.31. The molecule has 164 valence electrons. The van der Waals surface area contributed by atoms with Gasteiger partial charge in [0.2, 0.25) is 0 Å². The molecule has 0 N–H and O–H groups in total. The number of sulfone groups is 1. The average molecular weight is 581 g/mol. The fraction of sp³-hybridized carbons (Fsp3) is 0.286. The molecule has 0 radical (unpaired) electrons. The molecule has 3 aromatic rings. The molecule has 0 unspecified atom stereocenters. The number of thiazole rings is 1. The second-order valence-electron chi connectivity index (χ2n) is 7.35. The molecule has 0 aliphatic carbocycles. The minimum absolute atomic E-state index is 0.203. The lowest BCUT2D eigenvalue weighted by molar-refractivity contribution is 0.529. The molecule has 10 heteroatoms. The van der Waals surface area contributed by atoms with Crippen LogP contribution in [0.2, 0.25) is 15.1 Å². The van der Waals surface area contributed by atoms with E-state index in [9.17, 15) is 8.42 Å². The number of hydrogen-bond donors (Lipinski definition) is 0. The lowest BCUT2D eigenvalue weighted by Crippen LogP contribution is -2.39. The molecule has 1 aliphatic heterocycles. The van der Waals surface area contributed by atoms with E-state index in [1.165, 1.54) is 0 Å². The third-order valence-corrected chi connectivity index (χ3v) is 10.2. The molecule has 4 rings (SSSR count). The van der Waals surface area contributed by atoms with Crippen LogP contribution in [-0.2, 0) is 16.3 Å². The third kappa shape index (κ3) is 5.23. The predicted octanol–water partition coefficient (Wildman–Crippen LogP) is 6.90. The Kier molecular flexibility index (Phi) is 7.21. The molecule has 1 fully saturated rings. The maximum Gasteiger partial charge on any atom is 0.185 e. The number of hydrogen-bond acceptors (Lipinski definition) is 5. The molecule has 0 spiro atoms. The number of rotatable bonds is 5. The van der Waals surface area contributed by atoms with Crippen molar-refractivity contribution < 1.29 is 8.42 Å². The number of anilines is 1. The summed E-state index contributed by atoms with van der Waals surface area (Å²) in [7, 11) is -3.48. The fourth-order valence-corrected chi connectivity index (χ4v) is 7.60. The third-order valence-electron chi connectivity index (χ3n) is 5.26. The van der Waals surface area contributed by atoms with Crippen LogP contribution >= 0.6 is 62.1 Å². The number of aromatic nitrogens is 1. The van der Waals surface area contributed by atoms with Crippen LogP contribution in [0, 0.1) is 0 Å². The van der Waals surface area contributed by atoms with E-state index in [4.69, 9.17) is 39.8 Å². The summed E-state index contributed by atoms with van der Waals surface area (Å²) in [6, 6.07) is 10.5. The molecular weight excluding hydrogens is 563 g/mol. The molecular formula is C21H18BrCl3N2O2S2. The Morgan fingerprint density at radius 1 is 1.03 bits per heavy atom. The predicted molar refractivity (Wildman–Crippen MR) is 133 cm³/mol. The van der Waals surface area contributed by atoms with Crippen molar-refractivity contribution in [1.29, 1.82) is 0 Å². The molecule has 1 aliphatic rings. The highest BCUT2D eigenvalue weighted by Gasteiger charge is 2.33. The van der Waals surface area contributed by atoms with Crippen molar-refractivity contribution in [3.63, 3.8) is 0 Å². The normalized spacial score (nSPS) is 15.4. The van der Waals surface area contributed by atoms with E-state index in [0.29, 0.717) is 42.4 Å². The van der Waals surface area contributed by atoms with Crippen molar-refractivity contribution in [3.8, 4) is 0 Å². The first-order valence-corrected chi connectivity index (χ1v) is 13.9. The molecule has 2 heterocycles. The molecule has 31 heavy (non-hydrogen) atoms. The summed E-state index contributed by atoms with van der Waals surface area (Å²) in [6.45, 7) is 1.27. The van der Waals surface area contributed by atoms with E-state index in [0.717, 1.165) is 20.9 Å². The standard InChI is InChI=1S/C21H18BrCl3N2O2S2/c22-14-2-4-20(19(25)11-14)31(28,29)16-5-7-27(8-6-16)21-26-15(12-30-21)9-13-1-3-17(23)18(24)10-13/h1-4,10-12,16H,5-9H2. The highest BCUT2D eigenvalue weighted by atomic mass is 79.9. The smallest absolute Gasteiger partial charge is 0.185 e. The molecule has 0 bridgehead atoms. The first kappa shape index (κ1) is 23.3. The summed E-state index contributed by atoms with van der Waals surface area (Å²) >= 11 is 23.2. The lowest BCUT2D eigenvalue weighted by atomic mass is 10.1. The highest BCUT2D eigenvalue weighted by Crippen LogP contribution is 2.33. The highest BCUT2D eigenvalue weighted by molar-refractivity contribution is 9.10. The van der Waals surface area contributed by atoms with Crippen molar-refractivity contribution in [2.75, 3.05) is 18.0 Å². The molecule has 4 nitrogen and oxygen atoms in total. The van der Waals surface area contributed by atoms with Crippen LogP contribution in [0.1, 0.15) is 24.1 Å². The van der Waals surface area contributed by atoms with Gasteiger partial charge in [0.15, 0.2) is 15.0 Å². The molecule has 1 aromatic heterocycles. The molecule has 0 amide bonds. The zero-order valence-corrected chi connectivity index (χ0v) is 21.7. The summed E-state index contributed by atoms with van der Waals surface area (Å²) in [5.41, 5.74) is 2.00. The molecule has 2 aromatic carbocycles. The zero-order chi connectivity index (χ0) is 22.2. The Labute approximate surface area is 209 Å². The van der Waals surface area contributed by atoms with E-state index in [1.807, 2.05) is 17.5 Å². The first-order chi connectivity index (χ1) is 14.7. The van der Waals surface area contributed by atoms with Crippen LogP contribution in [0.25, 0.3) is 0 Å². The van der Waals surface area contributed by atoms with Gasteiger partial charge in [-0.3, -0.25) is 0 Å². The van der Waals surface area contributed by atoms with Gasteiger partial charge in [0, 0.05) is 29.4 Å². The largest absolute Gasteiger partial charge is 0.348 e. The second kappa shape index (κ2) is 9.57. The molecule has 0 atom stereocenters. The summed E-state index contributed by atoms with van der Waals surface area (Å²) in [4.78, 5) is 7.10. The van der Waals surface area contributed by atoms with Gasteiger partial charge in [0.25, 0.3) is 0 Å². The van der Waals surface area contributed by atoms with Gasteiger partial charge in [-0.05, 0) is 48.7 Å². The van der Waals surface area contributed by atoms with Gasteiger partial charge in [0.1, 0.15) is 0 Å². The van der Waals surface area contributed by atoms with E-state index in [2.05, 4.69) is 20.8 Å². The van der Waals surface area contributed by atoms with E-state index in [1.54, 1.807) is 35.6 Å². The Morgan fingerprint density at radius 3 is 2.45 bits per heavy atom. The van der Waals surface area contributed by atoms with Gasteiger partial charge in [-0.25, -0.2) is 13.4 Å². The zero-order valence-electron chi connectivity index (χ0n) is 16.2. The average Bonchev–Trinajstić information content (AvgIpc) is 3.19. The quantitative estimate of drug-likeness (QED) is 0.330. The van der Waals surface area contributed by atoms with Gasteiger partial charge in [0.05, 0.1) is 30.9 Å². The van der Waals surface area contributed by atoms with E-state index >= 15 is 0 Å². The van der Waals surface area contributed by atoms with Gasteiger partial charge >= 0.3 is 0 Å². The van der Waals surface area contributed by atoms with Crippen LogP contribution in [0.15, 0.2) is 51.1 Å². The maximum atomic E-state index is 13.1. The minimum atomic E-state index is -3.48. The Morgan fingerprint density at radius 2 is 1.77 bits per heavy atom. The van der Waals surface area contributed by atoms with Crippen LogP contribution in [0.5, 0.6) is 0 Å². The first-order valence-electron chi connectivity index (χ1n) is 9.56. The fourth-order valence-electron chi connectivity index (χ4n) is 3.62. The summed E-state index contributed by atoms with van der Waals surface area (Å²) in [5.74, 6) is 0. The number of piperidine rings is 1. The van der Waals surface area contributed by atoms with Gasteiger partial charge in [-0.15, -0.1) is 11.3 Å².